The van der Waals surface area contributed by atoms with Crippen LogP contribution in [0.5, 0.6) is 0 Å². The molecule has 1 aromatic rings. The first-order valence-electron chi connectivity index (χ1n) is 6.57. The van der Waals surface area contributed by atoms with Gasteiger partial charge in [0.1, 0.15) is 18.0 Å². The number of carbonyl (C=O) groups is 1. The smallest absolute Gasteiger partial charge is 0.237 e. The quantitative estimate of drug-likeness (QED) is 0.773. The Morgan fingerprint density at radius 3 is 2.63 bits per heavy atom. The van der Waals surface area contributed by atoms with Crippen molar-refractivity contribution in [2.75, 3.05) is 23.8 Å². The molecule has 0 bridgehead atoms. The normalized spacial score (nSPS) is 10.6. The van der Waals surface area contributed by atoms with Gasteiger partial charge in [0, 0.05) is 18.7 Å². The van der Waals surface area contributed by atoms with Crippen LogP contribution in [-0.4, -0.2) is 35.5 Å². The first-order chi connectivity index (χ1) is 9.01. The predicted octanol–water partition coefficient (Wildman–Crippen LogP) is 1.17. The predicted molar refractivity (Wildman–Crippen MR) is 77.3 cm³/mol. The molecule has 0 aliphatic rings. The van der Waals surface area contributed by atoms with Gasteiger partial charge in [-0.25, -0.2) is 9.97 Å². The first kappa shape index (κ1) is 15.2. The number of primary amides is 1. The third-order valence-corrected chi connectivity index (χ3v) is 2.88. The highest BCUT2D eigenvalue weighted by atomic mass is 16.1. The lowest BCUT2D eigenvalue weighted by Gasteiger charge is -2.28. The Morgan fingerprint density at radius 1 is 1.47 bits per heavy atom. The number of rotatable bonds is 7. The Kier molecular flexibility index (Phi) is 5.54. The Labute approximate surface area is 114 Å². The molecule has 0 atom stereocenters. The second kappa shape index (κ2) is 6.92. The minimum atomic E-state index is -0.360. The average molecular weight is 265 g/mol. The van der Waals surface area contributed by atoms with E-state index >= 15 is 0 Å². The van der Waals surface area contributed by atoms with E-state index in [0.29, 0.717) is 0 Å². The van der Waals surface area contributed by atoms with Gasteiger partial charge in [0.2, 0.25) is 5.91 Å². The zero-order valence-corrected chi connectivity index (χ0v) is 12.1. The van der Waals surface area contributed by atoms with Crippen molar-refractivity contribution >= 4 is 17.5 Å². The van der Waals surface area contributed by atoms with E-state index in [-0.39, 0.29) is 18.5 Å². The van der Waals surface area contributed by atoms with Crippen LogP contribution in [0.3, 0.4) is 0 Å². The molecular formula is C13H23N5O. The van der Waals surface area contributed by atoms with Crippen molar-refractivity contribution in [1.29, 1.82) is 0 Å². The SMILES string of the molecule is CCCc1c(NC)ncnc1N(CC(N)=O)C(C)C. The molecule has 0 aromatic carbocycles. The van der Waals surface area contributed by atoms with Crippen molar-refractivity contribution in [3.8, 4) is 0 Å². The Bertz CT molecular complexity index is 433. The molecule has 0 aliphatic carbocycles. The summed E-state index contributed by atoms with van der Waals surface area (Å²) in [7, 11) is 1.83. The van der Waals surface area contributed by atoms with Crippen molar-refractivity contribution in [1.82, 2.24) is 9.97 Å². The maximum absolute atomic E-state index is 11.2. The van der Waals surface area contributed by atoms with Crippen LogP contribution in [0.1, 0.15) is 32.8 Å². The molecule has 0 saturated carbocycles. The number of nitrogens with zero attached hydrogens (tertiary/aromatic N) is 3. The number of nitrogens with one attached hydrogen (secondary N) is 1. The van der Waals surface area contributed by atoms with Gasteiger partial charge in [-0.1, -0.05) is 13.3 Å². The molecule has 0 spiro atoms. The lowest BCUT2D eigenvalue weighted by molar-refractivity contribution is -0.116. The maximum Gasteiger partial charge on any atom is 0.237 e. The van der Waals surface area contributed by atoms with Gasteiger partial charge in [-0.2, -0.15) is 0 Å². The van der Waals surface area contributed by atoms with Gasteiger partial charge in [-0.3, -0.25) is 4.79 Å². The van der Waals surface area contributed by atoms with Crippen molar-refractivity contribution < 1.29 is 4.79 Å². The van der Waals surface area contributed by atoms with Gasteiger partial charge in [-0.15, -0.1) is 0 Å². The molecule has 106 valence electrons. The number of aromatic nitrogens is 2. The van der Waals surface area contributed by atoms with E-state index in [2.05, 4.69) is 22.2 Å². The van der Waals surface area contributed by atoms with Crippen molar-refractivity contribution in [3.05, 3.63) is 11.9 Å². The summed E-state index contributed by atoms with van der Waals surface area (Å²) in [5.41, 5.74) is 6.35. The third-order valence-electron chi connectivity index (χ3n) is 2.88. The highest BCUT2D eigenvalue weighted by molar-refractivity contribution is 5.80. The number of hydrogen-bond acceptors (Lipinski definition) is 5. The Balaban J connectivity index is 3.24. The zero-order valence-electron chi connectivity index (χ0n) is 12.1. The molecule has 1 amide bonds. The highest BCUT2D eigenvalue weighted by Gasteiger charge is 2.20. The summed E-state index contributed by atoms with van der Waals surface area (Å²) in [6.07, 6.45) is 3.35. The van der Waals surface area contributed by atoms with Crippen molar-refractivity contribution in [3.63, 3.8) is 0 Å². The van der Waals surface area contributed by atoms with Gasteiger partial charge >= 0.3 is 0 Å². The van der Waals surface area contributed by atoms with Crippen LogP contribution < -0.4 is 16.0 Å². The first-order valence-corrected chi connectivity index (χ1v) is 6.57. The van der Waals surface area contributed by atoms with E-state index in [9.17, 15) is 4.79 Å². The minimum absolute atomic E-state index is 0.141. The molecule has 19 heavy (non-hydrogen) atoms. The van der Waals surface area contributed by atoms with Gasteiger partial charge in [0.25, 0.3) is 0 Å². The summed E-state index contributed by atoms with van der Waals surface area (Å²) in [5, 5.41) is 3.07. The molecule has 1 heterocycles. The van der Waals surface area contributed by atoms with Crippen molar-refractivity contribution in [2.24, 2.45) is 5.73 Å². The lowest BCUT2D eigenvalue weighted by Crippen LogP contribution is -2.39. The van der Waals surface area contributed by atoms with E-state index in [1.807, 2.05) is 25.8 Å². The molecule has 0 saturated heterocycles. The fraction of sp³-hybridized carbons (Fsp3) is 0.615. The summed E-state index contributed by atoms with van der Waals surface area (Å²) >= 11 is 0. The number of carbonyl (C=O) groups excluding carboxylic acids is 1. The largest absolute Gasteiger partial charge is 0.373 e. The topological polar surface area (TPSA) is 84.1 Å². The van der Waals surface area contributed by atoms with Gasteiger partial charge in [0.15, 0.2) is 0 Å². The number of hydrogen-bond donors (Lipinski definition) is 2. The highest BCUT2D eigenvalue weighted by Crippen LogP contribution is 2.25. The molecule has 3 N–H and O–H groups in total. The monoisotopic (exact) mass is 265 g/mol. The van der Waals surface area contributed by atoms with Crippen LogP contribution in [0.15, 0.2) is 6.33 Å². The second-order valence-corrected chi connectivity index (χ2v) is 4.71. The molecule has 0 fully saturated rings. The van der Waals surface area contributed by atoms with E-state index in [4.69, 9.17) is 5.73 Å². The van der Waals surface area contributed by atoms with Crippen LogP contribution in [0, 0.1) is 0 Å². The second-order valence-electron chi connectivity index (χ2n) is 4.71. The average Bonchev–Trinajstić information content (AvgIpc) is 2.36. The van der Waals surface area contributed by atoms with Crippen LogP contribution in [-0.2, 0) is 11.2 Å². The summed E-state index contributed by atoms with van der Waals surface area (Å²) < 4.78 is 0. The van der Waals surface area contributed by atoms with E-state index < -0.39 is 0 Å². The number of amides is 1. The van der Waals surface area contributed by atoms with E-state index in [0.717, 1.165) is 30.0 Å². The van der Waals surface area contributed by atoms with E-state index in [1.165, 1.54) is 6.33 Å². The molecule has 1 rings (SSSR count). The summed E-state index contributed by atoms with van der Waals surface area (Å²) in [5.74, 6) is 1.23. The molecular weight excluding hydrogens is 242 g/mol. The number of nitrogens with two attached hydrogens (primary N) is 1. The molecule has 6 nitrogen and oxygen atoms in total. The maximum atomic E-state index is 11.2. The molecule has 0 unspecified atom stereocenters. The molecule has 0 aliphatic heterocycles. The number of anilines is 2. The molecule has 6 heteroatoms. The summed E-state index contributed by atoms with van der Waals surface area (Å²) in [6, 6.07) is 0.141. The summed E-state index contributed by atoms with van der Waals surface area (Å²) in [4.78, 5) is 21.7. The fourth-order valence-corrected chi connectivity index (χ4v) is 2.02. The van der Waals surface area contributed by atoms with Crippen LogP contribution >= 0.6 is 0 Å². The fourth-order valence-electron chi connectivity index (χ4n) is 2.02. The standard InChI is InChI=1S/C13H23N5O/c1-5-6-10-12(15-4)16-8-17-13(10)18(9(2)3)7-11(14)19/h8-9H,5-7H2,1-4H3,(H2,14,19)(H,15,16,17). The minimum Gasteiger partial charge on any atom is -0.373 e. The molecule has 1 aromatic heterocycles. The van der Waals surface area contributed by atoms with Gasteiger partial charge in [0.05, 0.1) is 6.54 Å². The van der Waals surface area contributed by atoms with Crippen molar-refractivity contribution in [2.45, 2.75) is 39.7 Å². The van der Waals surface area contributed by atoms with Gasteiger partial charge in [-0.05, 0) is 20.3 Å². The Hall–Kier alpha value is -1.85. The third kappa shape index (κ3) is 3.81. The van der Waals surface area contributed by atoms with E-state index in [1.54, 1.807) is 0 Å². The van der Waals surface area contributed by atoms with Crippen LogP contribution in [0.2, 0.25) is 0 Å². The zero-order chi connectivity index (χ0) is 14.4. The molecule has 0 radical (unpaired) electrons. The van der Waals surface area contributed by atoms with Gasteiger partial charge < -0.3 is 16.0 Å². The lowest BCUT2D eigenvalue weighted by atomic mass is 10.1. The van der Waals surface area contributed by atoms with Crippen LogP contribution in [0.25, 0.3) is 0 Å². The van der Waals surface area contributed by atoms with Crippen LogP contribution in [0.4, 0.5) is 11.6 Å². The Morgan fingerprint density at radius 2 is 2.16 bits per heavy atom. The summed E-state index contributed by atoms with van der Waals surface area (Å²) in [6.45, 7) is 6.29.